The second kappa shape index (κ2) is 6.15. The van der Waals surface area contributed by atoms with Gasteiger partial charge in [-0.05, 0) is 46.5 Å². The lowest BCUT2D eigenvalue weighted by Crippen LogP contribution is -2.45. The molecule has 1 aliphatic rings. The van der Waals surface area contributed by atoms with Crippen LogP contribution >= 0.6 is 11.6 Å². The van der Waals surface area contributed by atoms with Gasteiger partial charge in [0.1, 0.15) is 5.78 Å². The molecule has 0 radical (unpaired) electrons. The first-order chi connectivity index (χ1) is 8.57. The maximum Gasteiger partial charge on any atom is 0.476 e. The molecular formula is C14H26BClO3. The van der Waals surface area contributed by atoms with Gasteiger partial charge >= 0.3 is 7.12 Å². The van der Waals surface area contributed by atoms with Crippen LogP contribution in [0.2, 0.25) is 0 Å². The molecule has 110 valence electrons. The fourth-order valence-electron chi connectivity index (χ4n) is 2.50. The van der Waals surface area contributed by atoms with E-state index in [-0.39, 0.29) is 29.4 Å². The van der Waals surface area contributed by atoms with E-state index in [1.54, 1.807) is 6.92 Å². The van der Waals surface area contributed by atoms with E-state index < -0.39 is 0 Å². The van der Waals surface area contributed by atoms with E-state index in [0.717, 1.165) is 12.8 Å². The number of carbonyl (C=O) groups is 1. The number of alkyl halides is 1. The van der Waals surface area contributed by atoms with Crippen LogP contribution in [0, 0.1) is 5.92 Å². The van der Waals surface area contributed by atoms with E-state index in [0.29, 0.717) is 12.3 Å². The van der Waals surface area contributed by atoms with E-state index >= 15 is 0 Å². The molecule has 0 amide bonds. The van der Waals surface area contributed by atoms with Gasteiger partial charge in [0, 0.05) is 6.42 Å². The van der Waals surface area contributed by atoms with Crippen molar-refractivity contribution in [2.45, 2.75) is 77.3 Å². The molecule has 0 N–H and O–H groups in total. The Kier molecular flexibility index (Phi) is 5.50. The molecule has 0 aromatic heterocycles. The number of hydrogen-bond acceptors (Lipinski definition) is 3. The van der Waals surface area contributed by atoms with Crippen LogP contribution < -0.4 is 0 Å². The summed E-state index contributed by atoms with van der Waals surface area (Å²) in [6.45, 7) is 11.8. The largest absolute Gasteiger partial charge is 0.476 e. The minimum absolute atomic E-state index is 0.171. The number of halogens is 1. The summed E-state index contributed by atoms with van der Waals surface area (Å²) in [5.74, 6) is 0.619. The molecule has 0 bridgehead atoms. The minimum atomic E-state index is -0.364. The van der Waals surface area contributed by atoms with Crippen molar-refractivity contribution >= 4 is 24.5 Å². The first kappa shape index (κ1) is 17.0. The molecule has 1 fully saturated rings. The van der Waals surface area contributed by atoms with Gasteiger partial charge in [0.2, 0.25) is 0 Å². The van der Waals surface area contributed by atoms with E-state index in [1.807, 2.05) is 20.8 Å². The monoisotopic (exact) mass is 288 g/mol. The maximum atomic E-state index is 11.1. The van der Waals surface area contributed by atoms with Crippen LogP contribution in [-0.4, -0.2) is 29.4 Å². The fraction of sp³-hybridized carbons (Fsp3) is 0.929. The molecule has 3 atom stereocenters. The second-order valence-electron chi connectivity index (χ2n) is 6.57. The van der Waals surface area contributed by atoms with Gasteiger partial charge < -0.3 is 14.1 Å². The molecular weight excluding hydrogens is 262 g/mol. The molecule has 0 spiro atoms. The van der Waals surface area contributed by atoms with Crippen LogP contribution in [0.3, 0.4) is 0 Å². The van der Waals surface area contributed by atoms with Crippen LogP contribution in [0.5, 0.6) is 0 Å². The topological polar surface area (TPSA) is 35.5 Å². The number of Topliss-reactive ketones (excluding diaryl/α,β-unsaturated/α-hetero) is 1. The molecule has 3 nitrogen and oxygen atoms in total. The first-order valence-corrected chi connectivity index (χ1v) is 7.50. The van der Waals surface area contributed by atoms with Gasteiger partial charge in [0.15, 0.2) is 0 Å². The quantitative estimate of drug-likeness (QED) is 0.553. The van der Waals surface area contributed by atoms with Crippen LogP contribution in [0.4, 0.5) is 0 Å². The fourth-order valence-corrected chi connectivity index (χ4v) is 2.60. The third-order valence-electron chi connectivity index (χ3n) is 4.19. The van der Waals surface area contributed by atoms with Gasteiger partial charge in [-0.3, -0.25) is 0 Å². The van der Waals surface area contributed by atoms with Gasteiger partial charge in [0.25, 0.3) is 0 Å². The van der Waals surface area contributed by atoms with Gasteiger partial charge in [-0.25, -0.2) is 0 Å². The van der Waals surface area contributed by atoms with Crippen LogP contribution in [0.1, 0.15) is 60.8 Å². The lowest BCUT2D eigenvalue weighted by Gasteiger charge is -2.37. The summed E-state index contributed by atoms with van der Waals surface area (Å²) >= 11 is 6.08. The number of rotatable bonds is 6. The molecule has 1 heterocycles. The molecule has 3 unspecified atom stereocenters. The van der Waals surface area contributed by atoms with Gasteiger partial charge in [-0.15, -0.1) is 11.6 Å². The zero-order valence-electron chi connectivity index (χ0n) is 13.0. The standard InChI is InChI=1S/C14H26BClO3/c1-10(9-11(2)17)7-8-14(6)13(4,5)18-15(19-14)12(3)16/h10,12H,7-9H2,1-6H3. The highest BCUT2D eigenvalue weighted by molar-refractivity contribution is 6.59. The summed E-state index contributed by atoms with van der Waals surface area (Å²) in [6.07, 6.45) is 2.45. The van der Waals surface area contributed by atoms with Crippen molar-refractivity contribution < 1.29 is 14.1 Å². The third kappa shape index (κ3) is 4.20. The van der Waals surface area contributed by atoms with Crippen molar-refractivity contribution in [3.8, 4) is 0 Å². The van der Waals surface area contributed by atoms with Crippen LogP contribution in [0.15, 0.2) is 0 Å². The highest BCUT2D eigenvalue weighted by Gasteiger charge is 2.54. The van der Waals surface area contributed by atoms with Crippen molar-refractivity contribution in [1.82, 2.24) is 0 Å². The predicted molar refractivity (Wildman–Crippen MR) is 79.4 cm³/mol. The van der Waals surface area contributed by atoms with Crippen molar-refractivity contribution in [1.29, 1.82) is 0 Å². The Hall–Kier alpha value is -0.0551. The second-order valence-corrected chi connectivity index (χ2v) is 7.26. The highest BCUT2D eigenvalue weighted by atomic mass is 35.5. The zero-order valence-corrected chi connectivity index (χ0v) is 13.7. The molecule has 19 heavy (non-hydrogen) atoms. The van der Waals surface area contributed by atoms with Crippen LogP contribution in [-0.2, 0) is 14.1 Å². The Morgan fingerprint density at radius 2 is 1.84 bits per heavy atom. The zero-order chi connectivity index (χ0) is 14.8. The maximum absolute atomic E-state index is 11.1. The van der Waals surface area contributed by atoms with Crippen LogP contribution in [0.25, 0.3) is 0 Å². The van der Waals surface area contributed by atoms with E-state index in [9.17, 15) is 4.79 Å². The summed E-state index contributed by atoms with van der Waals surface area (Å²) in [7, 11) is -0.357. The molecule has 5 heteroatoms. The predicted octanol–water partition coefficient (Wildman–Crippen LogP) is 3.62. The van der Waals surface area contributed by atoms with Crippen molar-refractivity contribution in [2.24, 2.45) is 5.92 Å². The van der Waals surface area contributed by atoms with Gasteiger partial charge in [-0.2, -0.15) is 0 Å². The average molecular weight is 289 g/mol. The lowest BCUT2D eigenvalue weighted by atomic mass is 9.81. The van der Waals surface area contributed by atoms with E-state index in [4.69, 9.17) is 20.9 Å². The Labute approximate surface area is 122 Å². The Balaban J connectivity index is 2.62. The SMILES string of the molecule is CC(=O)CC(C)CCC1(C)OB(C(C)Cl)OC1(C)C. The normalized spacial score (nSPS) is 29.3. The number of hydrogen-bond donors (Lipinski definition) is 0. The lowest BCUT2D eigenvalue weighted by molar-refractivity contribution is -0.117. The third-order valence-corrected chi connectivity index (χ3v) is 4.39. The summed E-state index contributed by atoms with van der Waals surface area (Å²) in [5.41, 5.74) is -0.720. The summed E-state index contributed by atoms with van der Waals surface area (Å²) in [6, 6.07) is 0. The van der Waals surface area contributed by atoms with E-state index in [1.165, 1.54) is 0 Å². The molecule has 1 aliphatic heterocycles. The first-order valence-electron chi connectivity index (χ1n) is 7.06. The average Bonchev–Trinajstić information content (AvgIpc) is 2.47. The Morgan fingerprint density at radius 1 is 1.26 bits per heavy atom. The highest BCUT2D eigenvalue weighted by Crippen LogP contribution is 2.42. The Bertz CT molecular complexity index is 333. The molecule has 0 aromatic carbocycles. The smallest absolute Gasteiger partial charge is 0.402 e. The molecule has 1 rings (SSSR count). The Morgan fingerprint density at radius 3 is 2.26 bits per heavy atom. The number of ketones is 1. The summed E-state index contributed by atoms with van der Waals surface area (Å²) < 4.78 is 12.0. The van der Waals surface area contributed by atoms with E-state index in [2.05, 4.69) is 13.8 Å². The molecule has 0 aliphatic carbocycles. The molecule has 0 aromatic rings. The molecule has 0 saturated carbocycles. The minimum Gasteiger partial charge on any atom is -0.402 e. The molecule has 1 saturated heterocycles. The van der Waals surface area contributed by atoms with Crippen molar-refractivity contribution in [3.63, 3.8) is 0 Å². The van der Waals surface area contributed by atoms with Crippen molar-refractivity contribution in [3.05, 3.63) is 0 Å². The number of carbonyl (C=O) groups excluding carboxylic acids is 1. The van der Waals surface area contributed by atoms with Gasteiger partial charge in [-0.1, -0.05) is 13.8 Å². The summed E-state index contributed by atoms with van der Waals surface area (Å²) in [5, 5.41) is -0.171. The summed E-state index contributed by atoms with van der Waals surface area (Å²) in [4.78, 5) is 11.1. The van der Waals surface area contributed by atoms with Crippen molar-refractivity contribution in [2.75, 3.05) is 0 Å². The van der Waals surface area contributed by atoms with Gasteiger partial charge in [0.05, 0.1) is 16.5 Å².